The average Bonchev–Trinajstić information content (AvgIpc) is 1.85. The van der Waals surface area contributed by atoms with E-state index < -0.39 is 0 Å². The zero-order valence-corrected chi connectivity index (χ0v) is 6.52. The van der Waals surface area contributed by atoms with E-state index in [0.717, 1.165) is 5.03 Å². The predicted octanol–water partition coefficient (Wildman–Crippen LogP) is 3.26. The van der Waals surface area contributed by atoms with Crippen molar-refractivity contribution in [3.63, 3.8) is 0 Å². The fraction of sp³-hybridized carbons (Fsp3) is 0.250. The molecule has 0 bridgehead atoms. The maximum absolute atomic E-state index is 5.68. The van der Waals surface area contributed by atoms with Crippen molar-refractivity contribution >= 4 is 11.6 Å². The average molecular weight is 143 g/mol. The van der Waals surface area contributed by atoms with Crippen LogP contribution in [-0.2, 0) is 0 Å². The van der Waals surface area contributed by atoms with Gasteiger partial charge in [0.25, 0.3) is 0 Å². The van der Waals surface area contributed by atoms with Crippen LogP contribution in [0.1, 0.15) is 13.8 Å². The van der Waals surface area contributed by atoms with E-state index in [1.54, 1.807) is 0 Å². The van der Waals surface area contributed by atoms with Gasteiger partial charge in [0, 0.05) is 5.03 Å². The Hall–Kier alpha value is -0.490. The second-order valence-corrected chi connectivity index (χ2v) is 2.01. The summed E-state index contributed by atoms with van der Waals surface area (Å²) in [5, 5.41) is 0.760. The highest BCUT2D eigenvalue weighted by molar-refractivity contribution is 6.31. The van der Waals surface area contributed by atoms with Crippen molar-refractivity contribution in [3.8, 4) is 0 Å². The third-order valence-corrected chi connectivity index (χ3v) is 1.03. The minimum atomic E-state index is 0.760. The van der Waals surface area contributed by atoms with Crippen LogP contribution in [0.5, 0.6) is 0 Å². The predicted molar refractivity (Wildman–Crippen MR) is 43.6 cm³/mol. The first-order chi connectivity index (χ1) is 4.31. The zero-order chi connectivity index (χ0) is 7.11. The van der Waals surface area contributed by atoms with E-state index in [9.17, 15) is 0 Å². The highest BCUT2D eigenvalue weighted by atomic mass is 35.5. The molecule has 0 aliphatic carbocycles. The van der Waals surface area contributed by atoms with Gasteiger partial charge in [-0.2, -0.15) is 0 Å². The summed E-state index contributed by atoms with van der Waals surface area (Å²) < 4.78 is 0. The molecule has 0 saturated heterocycles. The molecule has 0 amide bonds. The quantitative estimate of drug-likeness (QED) is 0.520. The van der Waals surface area contributed by atoms with Gasteiger partial charge in [-0.25, -0.2) is 0 Å². The first-order valence-electron chi connectivity index (χ1n) is 2.92. The molecule has 0 nitrogen and oxygen atoms in total. The molecule has 0 heterocycles. The summed E-state index contributed by atoms with van der Waals surface area (Å²) in [7, 11) is 0. The molecule has 9 heavy (non-hydrogen) atoms. The Bertz CT molecular complexity index is 141. The van der Waals surface area contributed by atoms with Gasteiger partial charge < -0.3 is 0 Å². The largest absolute Gasteiger partial charge is 0.0876 e. The van der Waals surface area contributed by atoms with Gasteiger partial charge in [-0.3, -0.25) is 0 Å². The van der Waals surface area contributed by atoms with E-state index in [0.29, 0.717) is 0 Å². The Kier molecular flexibility index (Phi) is 5.34. The molecule has 0 rings (SSSR count). The van der Waals surface area contributed by atoms with Crippen molar-refractivity contribution in [2.75, 3.05) is 0 Å². The second kappa shape index (κ2) is 5.64. The zero-order valence-electron chi connectivity index (χ0n) is 5.76. The molecular formula is C8H11Cl. The molecule has 0 aromatic rings. The Labute approximate surface area is 61.5 Å². The van der Waals surface area contributed by atoms with Crippen LogP contribution < -0.4 is 0 Å². The number of hydrogen-bond donors (Lipinski definition) is 0. The summed E-state index contributed by atoms with van der Waals surface area (Å²) in [6.07, 6.45) is 9.44. The van der Waals surface area contributed by atoms with Crippen LogP contribution in [0.3, 0.4) is 0 Å². The molecule has 0 radical (unpaired) electrons. The molecule has 0 fully saturated rings. The monoisotopic (exact) mass is 142 g/mol. The molecule has 0 saturated carbocycles. The third kappa shape index (κ3) is 5.38. The third-order valence-electron chi connectivity index (χ3n) is 0.774. The number of allylic oxidation sites excluding steroid dienone is 6. The Balaban J connectivity index is 3.84. The van der Waals surface area contributed by atoms with Crippen LogP contribution in [0.2, 0.25) is 0 Å². The molecule has 0 aromatic heterocycles. The van der Waals surface area contributed by atoms with Gasteiger partial charge in [-0.1, -0.05) is 29.8 Å². The number of halogens is 1. The lowest BCUT2D eigenvalue weighted by atomic mass is 10.4. The molecule has 0 spiro atoms. The van der Waals surface area contributed by atoms with Crippen molar-refractivity contribution in [2.45, 2.75) is 13.8 Å². The van der Waals surface area contributed by atoms with Crippen LogP contribution in [-0.4, -0.2) is 0 Å². The van der Waals surface area contributed by atoms with Crippen molar-refractivity contribution in [1.82, 2.24) is 0 Å². The minimum Gasteiger partial charge on any atom is -0.0876 e. The fourth-order valence-corrected chi connectivity index (χ4v) is 0.602. The summed E-state index contributed by atoms with van der Waals surface area (Å²) in [6, 6.07) is 0. The SMILES string of the molecule is CC=CC=C(Cl)C=CC. The van der Waals surface area contributed by atoms with Crippen molar-refractivity contribution in [1.29, 1.82) is 0 Å². The van der Waals surface area contributed by atoms with Crippen LogP contribution in [0.15, 0.2) is 35.4 Å². The first-order valence-corrected chi connectivity index (χ1v) is 3.30. The maximum Gasteiger partial charge on any atom is 0.0402 e. The Morgan fingerprint density at radius 3 is 2.33 bits per heavy atom. The van der Waals surface area contributed by atoms with Crippen molar-refractivity contribution in [3.05, 3.63) is 35.4 Å². The van der Waals surface area contributed by atoms with E-state index in [1.165, 1.54) is 0 Å². The standard InChI is InChI=1S/C8H11Cl/c1-3-5-7-8(9)6-4-2/h3-7H,1-2H3. The van der Waals surface area contributed by atoms with Crippen LogP contribution in [0, 0.1) is 0 Å². The lowest BCUT2D eigenvalue weighted by Crippen LogP contribution is -1.58. The van der Waals surface area contributed by atoms with E-state index in [-0.39, 0.29) is 0 Å². The molecule has 0 aliphatic rings. The van der Waals surface area contributed by atoms with Gasteiger partial charge in [0.1, 0.15) is 0 Å². The van der Waals surface area contributed by atoms with Gasteiger partial charge in [0.15, 0.2) is 0 Å². The summed E-state index contributed by atoms with van der Waals surface area (Å²) >= 11 is 5.68. The molecular weight excluding hydrogens is 132 g/mol. The molecule has 0 aromatic carbocycles. The first kappa shape index (κ1) is 8.51. The molecule has 0 unspecified atom stereocenters. The van der Waals surface area contributed by atoms with Gasteiger partial charge >= 0.3 is 0 Å². The normalized spacial score (nSPS) is 13.9. The Morgan fingerprint density at radius 2 is 1.89 bits per heavy atom. The summed E-state index contributed by atoms with van der Waals surface area (Å²) in [4.78, 5) is 0. The highest BCUT2D eigenvalue weighted by Gasteiger charge is 1.76. The van der Waals surface area contributed by atoms with E-state index in [2.05, 4.69) is 0 Å². The minimum absolute atomic E-state index is 0.760. The van der Waals surface area contributed by atoms with Gasteiger partial charge in [0.05, 0.1) is 0 Å². The molecule has 0 aliphatic heterocycles. The maximum atomic E-state index is 5.68. The van der Waals surface area contributed by atoms with Crippen LogP contribution in [0.25, 0.3) is 0 Å². The van der Waals surface area contributed by atoms with E-state index >= 15 is 0 Å². The summed E-state index contributed by atoms with van der Waals surface area (Å²) in [5.41, 5.74) is 0. The van der Waals surface area contributed by atoms with E-state index in [1.807, 2.05) is 44.2 Å². The lowest BCUT2D eigenvalue weighted by Gasteiger charge is -1.80. The van der Waals surface area contributed by atoms with Crippen molar-refractivity contribution in [2.24, 2.45) is 0 Å². The molecule has 50 valence electrons. The lowest BCUT2D eigenvalue weighted by molar-refractivity contribution is 1.68. The number of hydrogen-bond acceptors (Lipinski definition) is 0. The molecule has 1 heteroatoms. The van der Waals surface area contributed by atoms with Crippen LogP contribution >= 0.6 is 11.6 Å². The van der Waals surface area contributed by atoms with Gasteiger partial charge in [-0.05, 0) is 26.0 Å². The summed E-state index contributed by atoms with van der Waals surface area (Å²) in [5.74, 6) is 0. The van der Waals surface area contributed by atoms with Crippen molar-refractivity contribution < 1.29 is 0 Å². The Morgan fingerprint density at radius 1 is 1.22 bits per heavy atom. The van der Waals surface area contributed by atoms with Gasteiger partial charge in [-0.15, -0.1) is 0 Å². The van der Waals surface area contributed by atoms with E-state index in [4.69, 9.17) is 11.6 Å². The topological polar surface area (TPSA) is 0 Å². The summed E-state index contributed by atoms with van der Waals surface area (Å²) in [6.45, 7) is 3.89. The molecule has 0 atom stereocenters. The fourth-order valence-electron chi connectivity index (χ4n) is 0.403. The van der Waals surface area contributed by atoms with Gasteiger partial charge in [0.2, 0.25) is 0 Å². The molecule has 0 N–H and O–H groups in total. The smallest absolute Gasteiger partial charge is 0.0402 e. The highest BCUT2D eigenvalue weighted by Crippen LogP contribution is 2.02. The van der Waals surface area contributed by atoms with Crippen LogP contribution in [0.4, 0.5) is 0 Å². The second-order valence-electron chi connectivity index (χ2n) is 1.58. The number of rotatable bonds is 2.